The van der Waals surface area contributed by atoms with E-state index in [-0.39, 0.29) is 0 Å². The Bertz CT molecular complexity index is 386. The Morgan fingerprint density at radius 3 is 2.17 bits per heavy atom. The van der Waals surface area contributed by atoms with Gasteiger partial charge in [-0.25, -0.2) is 0 Å². The van der Waals surface area contributed by atoms with Crippen LogP contribution in [0.25, 0.3) is 0 Å². The van der Waals surface area contributed by atoms with Crippen LogP contribution < -0.4 is 0 Å². The normalized spacial score (nSPS) is 31.8. The van der Waals surface area contributed by atoms with Crippen molar-refractivity contribution in [1.82, 2.24) is 4.90 Å². The van der Waals surface area contributed by atoms with Gasteiger partial charge in [0.2, 0.25) is 0 Å². The van der Waals surface area contributed by atoms with Crippen LogP contribution in [0.15, 0.2) is 24.3 Å². The summed E-state index contributed by atoms with van der Waals surface area (Å²) in [4.78, 5) is 2.69. The second kappa shape index (κ2) is 5.22. The highest BCUT2D eigenvalue weighted by atomic mass is 35.5. The average molecular weight is 264 g/mol. The molecule has 0 amide bonds. The third-order valence-electron chi connectivity index (χ3n) is 4.62. The van der Waals surface area contributed by atoms with Crippen molar-refractivity contribution in [2.24, 2.45) is 0 Å². The Balaban J connectivity index is 1.69. The van der Waals surface area contributed by atoms with E-state index >= 15 is 0 Å². The molecule has 2 saturated heterocycles. The van der Waals surface area contributed by atoms with Crippen LogP contribution in [-0.2, 0) is 13.0 Å². The van der Waals surface area contributed by atoms with E-state index in [9.17, 15) is 0 Å². The summed E-state index contributed by atoms with van der Waals surface area (Å²) >= 11 is 6.33. The number of fused-ring (bicyclic) bond motifs is 2. The zero-order chi connectivity index (χ0) is 12.5. The summed E-state index contributed by atoms with van der Waals surface area (Å²) in [6, 6.07) is 10.6. The van der Waals surface area contributed by atoms with Gasteiger partial charge in [-0.1, -0.05) is 31.2 Å². The standard InChI is InChI=1S/C16H22ClN/c1-2-12-3-5-13(6-4-12)11-18-15-7-8-16(18)10-14(17)9-15/h3-6,14-16H,2,7-11H2,1H3. The van der Waals surface area contributed by atoms with E-state index in [1.54, 1.807) is 0 Å². The first-order chi connectivity index (χ1) is 8.76. The van der Waals surface area contributed by atoms with E-state index in [2.05, 4.69) is 36.1 Å². The molecule has 3 rings (SSSR count). The first-order valence-electron chi connectivity index (χ1n) is 7.24. The van der Waals surface area contributed by atoms with Crippen LogP contribution in [0.2, 0.25) is 0 Å². The third-order valence-corrected chi connectivity index (χ3v) is 4.98. The lowest BCUT2D eigenvalue weighted by atomic mass is 10.0. The van der Waals surface area contributed by atoms with Crippen molar-refractivity contribution in [3.8, 4) is 0 Å². The van der Waals surface area contributed by atoms with Gasteiger partial charge in [-0.05, 0) is 43.2 Å². The summed E-state index contributed by atoms with van der Waals surface area (Å²) < 4.78 is 0. The summed E-state index contributed by atoms with van der Waals surface area (Å²) in [6.07, 6.45) is 6.20. The van der Waals surface area contributed by atoms with Crippen LogP contribution in [-0.4, -0.2) is 22.4 Å². The molecule has 0 saturated carbocycles. The van der Waals surface area contributed by atoms with Crippen LogP contribution in [0.4, 0.5) is 0 Å². The van der Waals surface area contributed by atoms with Gasteiger partial charge in [0, 0.05) is 24.0 Å². The number of halogens is 1. The van der Waals surface area contributed by atoms with Gasteiger partial charge in [0.05, 0.1) is 0 Å². The Morgan fingerprint density at radius 2 is 1.61 bits per heavy atom. The molecule has 1 aromatic carbocycles. The molecule has 2 heteroatoms. The molecule has 2 heterocycles. The van der Waals surface area contributed by atoms with Crippen LogP contribution in [0.1, 0.15) is 43.7 Å². The van der Waals surface area contributed by atoms with Gasteiger partial charge in [0.15, 0.2) is 0 Å². The molecule has 0 aromatic heterocycles. The third kappa shape index (κ3) is 2.44. The fourth-order valence-electron chi connectivity index (χ4n) is 3.56. The number of rotatable bonds is 3. The van der Waals surface area contributed by atoms with Gasteiger partial charge < -0.3 is 0 Å². The van der Waals surface area contributed by atoms with Crippen LogP contribution in [0.5, 0.6) is 0 Å². The maximum absolute atomic E-state index is 6.33. The van der Waals surface area contributed by atoms with Crippen molar-refractivity contribution in [2.45, 2.75) is 63.0 Å². The van der Waals surface area contributed by atoms with Crippen molar-refractivity contribution < 1.29 is 0 Å². The van der Waals surface area contributed by atoms with Gasteiger partial charge in [-0.2, -0.15) is 0 Å². The van der Waals surface area contributed by atoms with Crippen molar-refractivity contribution in [3.63, 3.8) is 0 Å². The van der Waals surface area contributed by atoms with E-state index < -0.39 is 0 Å². The molecule has 0 N–H and O–H groups in total. The van der Waals surface area contributed by atoms with Gasteiger partial charge in [-0.3, -0.25) is 4.90 Å². The SMILES string of the molecule is CCc1ccc(CN2C3CCC2CC(Cl)C3)cc1. The van der Waals surface area contributed by atoms with Gasteiger partial charge in [-0.15, -0.1) is 11.6 Å². The summed E-state index contributed by atoms with van der Waals surface area (Å²) in [5, 5.41) is 0.418. The predicted molar refractivity (Wildman–Crippen MR) is 77.0 cm³/mol. The molecular weight excluding hydrogens is 242 g/mol. The van der Waals surface area contributed by atoms with E-state index in [0.29, 0.717) is 5.38 Å². The fourth-order valence-corrected chi connectivity index (χ4v) is 3.97. The number of hydrogen-bond donors (Lipinski definition) is 0. The molecule has 2 aliphatic heterocycles. The van der Waals surface area contributed by atoms with Crippen molar-refractivity contribution in [2.75, 3.05) is 0 Å². The lowest BCUT2D eigenvalue weighted by Crippen LogP contribution is -2.42. The lowest BCUT2D eigenvalue weighted by Gasteiger charge is -2.37. The van der Waals surface area contributed by atoms with Crippen LogP contribution in [0, 0.1) is 0 Å². The van der Waals surface area contributed by atoms with E-state index in [1.807, 2.05) is 0 Å². The minimum atomic E-state index is 0.418. The minimum Gasteiger partial charge on any atom is -0.293 e. The number of nitrogens with zero attached hydrogens (tertiary/aromatic N) is 1. The molecule has 2 atom stereocenters. The Labute approximate surface area is 115 Å². The number of hydrogen-bond acceptors (Lipinski definition) is 1. The molecule has 0 aliphatic carbocycles. The highest BCUT2D eigenvalue weighted by molar-refractivity contribution is 6.20. The van der Waals surface area contributed by atoms with E-state index in [4.69, 9.17) is 11.6 Å². The topological polar surface area (TPSA) is 3.24 Å². The highest BCUT2D eigenvalue weighted by Crippen LogP contribution is 2.38. The zero-order valence-electron chi connectivity index (χ0n) is 11.1. The summed E-state index contributed by atoms with van der Waals surface area (Å²) in [7, 11) is 0. The van der Waals surface area contributed by atoms with E-state index in [1.165, 1.54) is 36.8 Å². The predicted octanol–water partition coefficient (Wildman–Crippen LogP) is 3.98. The maximum atomic E-state index is 6.33. The molecule has 2 unspecified atom stereocenters. The molecule has 18 heavy (non-hydrogen) atoms. The molecule has 1 nitrogen and oxygen atoms in total. The zero-order valence-corrected chi connectivity index (χ0v) is 11.9. The summed E-state index contributed by atoms with van der Waals surface area (Å²) in [5.74, 6) is 0. The Morgan fingerprint density at radius 1 is 1.06 bits per heavy atom. The Hall–Kier alpha value is -0.530. The second-order valence-electron chi connectivity index (χ2n) is 5.80. The minimum absolute atomic E-state index is 0.418. The van der Waals surface area contributed by atoms with Crippen molar-refractivity contribution in [3.05, 3.63) is 35.4 Å². The average Bonchev–Trinajstić information content (AvgIpc) is 2.62. The fraction of sp³-hybridized carbons (Fsp3) is 0.625. The molecule has 2 bridgehead atoms. The Kier molecular flexibility index (Phi) is 3.63. The molecule has 98 valence electrons. The maximum Gasteiger partial charge on any atom is 0.0365 e. The van der Waals surface area contributed by atoms with Gasteiger partial charge >= 0.3 is 0 Å². The molecule has 1 aromatic rings. The largest absolute Gasteiger partial charge is 0.293 e. The van der Waals surface area contributed by atoms with Crippen molar-refractivity contribution >= 4 is 11.6 Å². The molecule has 0 spiro atoms. The summed E-state index contributed by atoms with van der Waals surface area (Å²) in [6.45, 7) is 3.32. The number of piperidine rings is 1. The second-order valence-corrected chi connectivity index (χ2v) is 6.41. The summed E-state index contributed by atoms with van der Waals surface area (Å²) in [5.41, 5.74) is 2.89. The lowest BCUT2D eigenvalue weighted by molar-refractivity contribution is 0.134. The quantitative estimate of drug-likeness (QED) is 0.746. The van der Waals surface area contributed by atoms with Crippen LogP contribution >= 0.6 is 11.6 Å². The first-order valence-corrected chi connectivity index (χ1v) is 7.67. The highest BCUT2D eigenvalue weighted by Gasteiger charge is 2.39. The van der Waals surface area contributed by atoms with Gasteiger partial charge in [0.25, 0.3) is 0 Å². The smallest absolute Gasteiger partial charge is 0.0365 e. The molecule has 2 aliphatic rings. The number of aryl methyl sites for hydroxylation is 1. The molecule has 2 fully saturated rings. The number of alkyl halides is 1. The number of benzene rings is 1. The van der Waals surface area contributed by atoms with Crippen LogP contribution in [0.3, 0.4) is 0 Å². The van der Waals surface area contributed by atoms with E-state index in [0.717, 1.165) is 25.0 Å². The van der Waals surface area contributed by atoms with Gasteiger partial charge in [0.1, 0.15) is 0 Å². The molecular formula is C16H22ClN. The monoisotopic (exact) mass is 263 g/mol. The molecule has 0 radical (unpaired) electrons. The van der Waals surface area contributed by atoms with Crippen molar-refractivity contribution in [1.29, 1.82) is 0 Å². The first kappa shape index (κ1) is 12.5.